The van der Waals surface area contributed by atoms with Crippen LogP contribution in [0.1, 0.15) is 16.7 Å². The van der Waals surface area contributed by atoms with Gasteiger partial charge in [-0.3, -0.25) is 0 Å². The quantitative estimate of drug-likeness (QED) is 0.659. The van der Waals surface area contributed by atoms with Crippen LogP contribution in [0.5, 0.6) is 0 Å². The minimum absolute atomic E-state index is 0.174. The second-order valence-corrected chi connectivity index (χ2v) is 6.54. The number of rotatable bonds is 6. The maximum atomic E-state index is 13.3. The highest BCUT2D eigenvalue weighted by Gasteiger charge is 2.31. The maximum Gasteiger partial charge on any atom is 0.127 e. The molecular formula is C21H18ClF2NO. The minimum Gasteiger partial charge on any atom is -0.379 e. The SMILES string of the molecule is OC(CNCc1ccc(Cl)cc1)(c1ccc(F)cc1)c1ccc(F)cc1. The van der Waals surface area contributed by atoms with Gasteiger partial charge in [0.25, 0.3) is 0 Å². The first-order valence-electron chi connectivity index (χ1n) is 8.17. The molecule has 0 radical (unpaired) electrons. The van der Waals surface area contributed by atoms with Gasteiger partial charge in [-0.25, -0.2) is 8.78 Å². The molecule has 26 heavy (non-hydrogen) atoms. The van der Waals surface area contributed by atoms with Crippen LogP contribution in [0.25, 0.3) is 0 Å². The fourth-order valence-electron chi connectivity index (χ4n) is 2.81. The Hall–Kier alpha value is -2.27. The van der Waals surface area contributed by atoms with E-state index in [1.165, 1.54) is 48.5 Å². The monoisotopic (exact) mass is 373 g/mol. The standard InChI is InChI=1S/C21H18ClF2NO/c22-18-7-1-15(2-8-18)13-25-14-21(26,16-3-9-19(23)10-4-16)17-5-11-20(24)12-6-17/h1-12,25-26H,13-14H2. The van der Waals surface area contributed by atoms with Gasteiger partial charge in [-0.1, -0.05) is 48.0 Å². The molecule has 134 valence electrons. The first kappa shape index (κ1) is 18.5. The van der Waals surface area contributed by atoms with Gasteiger partial charge in [-0.05, 0) is 53.1 Å². The number of nitrogens with one attached hydrogen (secondary N) is 1. The van der Waals surface area contributed by atoms with Gasteiger partial charge < -0.3 is 10.4 Å². The third-order valence-electron chi connectivity index (χ3n) is 4.27. The lowest BCUT2D eigenvalue weighted by Crippen LogP contribution is -2.39. The van der Waals surface area contributed by atoms with E-state index in [1.54, 1.807) is 12.1 Å². The van der Waals surface area contributed by atoms with Crippen LogP contribution in [0.3, 0.4) is 0 Å². The second kappa shape index (κ2) is 7.96. The van der Waals surface area contributed by atoms with Gasteiger partial charge in [0, 0.05) is 18.1 Å². The molecule has 0 aliphatic rings. The van der Waals surface area contributed by atoms with Crippen LogP contribution in [0.4, 0.5) is 8.78 Å². The largest absolute Gasteiger partial charge is 0.379 e. The van der Waals surface area contributed by atoms with Crippen molar-refractivity contribution in [3.63, 3.8) is 0 Å². The van der Waals surface area contributed by atoms with Gasteiger partial charge in [-0.2, -0.15) is 0 Å². The average molecular weight is 374 g/mol. The minimum atomic E-state index is -1.42. The third-order valence-corrected chi connectivity index (χ3v) is 4.52. The Morgan fingerprint density at radius 3 is 1.69 bits per heavy atom. The molecule has 3 rings (SSSR count). The highest BCUT2D eigenvalue weighted by Crippen LogP contribution is 2.29. The van der Waals surface area contributed by atoms with Crippen molar-refractivity contribution in [2.75, 3.05) is 6.54 Å². The molecule has 2 nitrogen and oxygen atoms in total. The lowest BCUT2D eigenvalue weighted by Gasteiger charge is -2.30. The van der Waals surface area contributed by atoms with Gasteiger partial charge in [0.2, 0.25) is 0 Å². The summed E-state index contributed by atoms with van der Waals surface area (Å²) >= 11 is 5.88. The van der Waals surface area contributed by atoms with E-state index in [9.17, 15) is 13.9 Å². The van der Waals surface area contributed by atoms with Crippen LogP contribution >= 0.6 is 11.6 Å². The molecule has 2 N–H and O–H groups in total. The molecule has 0 amide bonds. The molecule has 5 heteroatoms. The molecule has 3 aromatic rings. The van der Waals surface area contributed by atoms with Crippen molar-refractivity contribution >= 4 is 11.6 Å². The summed E-state index contributed by atoms with van der Waals surface area (Å²) in [6, 6.07) is 18.7. The van der Waals surface area contributed by atoms with Gasteiger partial charge in [0.15, 0.2) is 0 Å². The van der Waals surface area contributed by atoms with Gasteiger partial charge in [-0.15, -0.1) is 0 Å². The normalized spacial score (nSPS) is 11.5. The van der Waals surface area contributed by atoms with E-state index < -0.39 is 5.60 Å². The number of hydrogen-bond acceptors (Lipinski definition) is 2. The summed E-state index contributed by atoms with van der Waals surface area (Å²) in [5.41, 5.74) is 0.631. The summed E-state index contributed by atoms with van der Waals surface area (Å²) in [6.45, 7) is 0.689. The molecule has 0 saturated heterocycles. The predicted octanol–water partition coefficient (Wildman–Crippen LogP) is 4.64. The molecule has 0 unspecified atom stereocenters. The zero-order chi connectivity index (χ0) is 18.6. The van der Waals surface area contributed by atoms with Gasteiger partial charge in [0.1, 0.15) is 17.2 Å². The lowest BCUT2D eigenvalue weighted by molar-refractivity contribution is 0.0795. The van der Waals surface area contributed by atoms with Crippen LogP contribution in [0, 0.1) is 11.6 Å². The number of benzene rings is 3. The molecule has 0 aliphatic carbocycles. The molecule has 0 bridgehead atoms. The maximum absolute atomic E-state index is 13.3. The molecule has 0 heterocycles. The summed E-state index contributed by atoms with van der Waals surface area (Å²) in [7, 11) is 0. The van der Waals surface area contributed by atoms with E-state index in [2.05, 4.69) is 5.32 Å². The Kier molecular flexibility index (Phi) is 5.67. The van der Waals surface area contributed by atoms with Crippen molar-refractivity contribution in [2.45, 2.75) is 12.1 Å². The summed E-state index contributed by atoms with van der Waals surface area (Å²) in [5.74, 6) is -0.770. The average Bonchev–Trinajstić information content (AvgIpc) is 2.64. The zero-order valence-electron chi connectivity index (χ0n) is 13.9. The van der Waals surface area contributed by atoms with Crippen molar-refractivity contribution < 1.29 is 13.9 Å². The summed E-state index contributed by atoms with van der Waals surface area (Å²) < 4.78 is 26.6. The summed E-state index contributed by atoms with van der Waals surface area (Å²) in [5, 5.41) is 15.2. The topological polar surface area (TPSA) is 32.3 Å². The van der Waals surface area contributed by atoms with Crippen molar-refractivity contribution in [1.82, 2.24) is 5.32 Å². The van der Waals surface area contributed by atoms with Crippen LogP contribution < -0.4 is 5.32 Å². The summed E-state index contributed by atoms with van der Waals surface area (Å²) in [4.78, 5) is 0. The number of aliphatic hydroxyl groups is 1. The number of halogens is 3. The van der Waals surface area contributed by atoms with E-state index in [1.807, 2.05) is 12.1 Å². The van der Waals surface area contributed by atoms with Crippen molar-refractivity contribution in [3.8, 4) is 0 Å². The van der Waals surface area contributed by atoms with Crippen molar-refractivity contribution in [1.29, 1.82) is 0 Å². The van der Waals surface area contributed by atoms with Crippen LogP contribution in [-0.4, -0.2) is 11.7 Å². The van der Waals surface area contributed by atoms with Gasteiger partial charge >= 0.3 is 0 Å². The molecule has 3 aromatic carbocycles. The molecule has 0 fully saturated rings. The second-order valence-electron chi connectivity index (χ2n) is 6.10. The lowest BCUT2D eigenvalue weighted by atomic mass is 9.86. The van der Waals surface area contributed by atoms with E-state index in [0.29, 0.717) is 22.7 Å². The molecule has 0 spiro atoms. The molecule has 0 aromatic heterocycles. The Bertz CT molecular complexity index is 803. The highest BCUT2D eigenvalue weighted by atomic mass is 35.5. The van der Waals surface area contributed by atoms with E-state index in [-0.39, 0.29) is 18.2 Å². The Balaban J connectivity index is 1.83. The molecule has 0 saturated carbocycles. The molecule has 0 atom stereocenters. The van der Waals surface area contributed by atoms with E-state index in [4.69, 9.17) is 11.6 Å². The third kappa shape index (κ3) is 4.28. The van der Waals surface area contributed by atoms with Crippen molar-refractivity contribution in [2.24, 2.45) is 0 Å². The Morgan fingerprint density at radius 1 is 0.769 bits per heavy atom. The van der Waals surface area contributed by atoms with Crippen LogP contribution in [0.2, 0.25) is 5.02 Å². The summed E-state index contributed by atoms with van der Waals surface area (Å²) in [6.07, 6.45) is 0. The van der Waals surface area contributed by atoms with E-state index >= 15 is 0 Å². The Morgan fingerprint density at radius 2 is 1.23 bits per heavy atom. The predicted molar refractivity (Wildman–Crippen MR) is 99.0 cm³/mol. The fraction of sp³-hybridized carbons (Fsp3) is 0.143. The van der Waals surface area contributed by atoms with Gasteiger partial charge in [0.05, 0.1) is 0 Å². The fourth-order valence-corrected chi connectivity index (χ4v) is 2.94. The van der Waals surface area contributed by atoms with E-state index in [0.717, 1.165) is 5.56 Å². The molecule has 0 aliphatic heterocycles. The smallest absolute Gasteiger partial charge is 0.127 e. The van der Waals surface area contributed by atoms with Crippen LogP contribution in [-0.2, 0) is 12.1 Å². The number of hydrogen-bond donors (Lipinski definition) is 2. The Labute approximate surface area is 156 Å². The highest BCUT2D eigenvalue weighted by molar-refractivity contribution is 6.30. The molecular weight excluding hydrogens is 356 g/mol. The first-order valence-corrected chi connectivity index (χ1v) is 8.55. The van der Waals surface area contributed by atoms with Crippen molar-refractivity contribution in [3.05, 3.63) is 106 Å². The van der Waals surface area contributed by atoms with Crippen LogP contribution in [0.15, 0.2) is 72.8 Å². The first-order chi connectivity index (χ1) is 12.5. The zero-order valence-corrected chi connectivity index (χ0v) is 14.7.